The third-order valence-electron chi connectivity index (χ3n) is 8.50. The summed E-state index contributed by atoms with van der Waals surface area (Å²) in [5, 5.41) is 2.05. The molecule has 8 aromatic rings. The maximum absolute atomic E-state index is 13.8. The minimum absolute atomic E-state index is 0.247. The molecular formula is C39H23N3O3S. The number of hydrogen-bond acceptors (Lipinski definition) is 6. The van der Waals surface area contributed by atoms with E-state index in [1.807, 2.05) is 127 Å². The van der Waals surface area contributed by atoms with E-state index >= 15 is 0 Å². The predicted octanol–water partition coefficient (Wildman–Crippen LogP) is 9.25. The highest BCUT2D eigenvalue weighted by Gasteiger charge is 2.33. The number of para-hydroxylation sites is 1. The molecule has 7 heteroatoms. The Bertz CT molecular complexity index is 2600. The van der Waals surface area contributed by atoms with Gasteiger partial charge in [-0.1, -0.05) is 103 Å². The molecule has 0 unspecified atom stereocenters. The van der Waals surface area contributed by atoms with E-state index in [9.17, 15) is 8.42 Å². The Morgan fingerprint density at radius 3 is 1.76 bits per heavy atom. The number of furan rings is 1. The van der Waals surface area contributed by atoms with Gasteiger partial charge >= 0.3 is 0 Å². The van der Waals surface area contributed by atoms with Crippen molar-refractivity contribution in [2.75, 3.05) is 0 Å². The normalized spacial score (nSPS) is 13.1. The summed E-state index contributed by atoms with van der Waals surface area (Å²) in [5.41, 5.74) is 7.08. The second kappa shape index (κ2) is 10.1. The van der Waals surface area contributed by atoms with Crippen LogP contribution < -0.4 is 0 Å². The van der Waals surface area contributed by atoms with Crippen LogP contribution in [0.5, 0.6) is 0 Å². The predicted molar refractivity (Wildman–Crippen MR) is 180 cm³/mol. The summed E-state index contributed by atoms with van der Waals surface area (Å²) in [6.45, 7) is 0. The van der Waals surface area contributed by atoms with Crippen molar-refractivity contribution in [3.05, 3.63) is 140 Å². The van der Waals surface area contributed by atoms with Crippen LogP contribution in [0.3, 0.4) is 0 Å². The van der Waals surface area contributed by atoms with Crippen molar-refractivity contribution in [1.29, 1.82) is 0 Å². The Balaban J connectivity index is 1.19. The Kier molecular flexibility index (Phi) is 5.79. The lowest BCUT2D eigenvalue weighted by Crippen LogP contribution is -2.01. The Hall–Kier alpha value is -5.92. The van der Waals surface area contributed by atoms with Gasteiger partial charge in [-0.3, -0.25) is 0 Å². The second-order valence-corrected chi connectivity index (χ2v) is 13.2. The molecule has 0 N–H and O–H groups in total. The first-order chi connectivity index (χ1) is 22.5. The summed E-state index contributed by atoms with van der Waals surface area (Å²) >= 11 is 0. The number of sulfone groups is 1. The van der Waals surface area contributed by atoms with E-state index in [0.29, 0.717) is 39.1 Å². The number of nitrogens with zero attached hydrogens (tertiary/aromatic N) is 3. The third kappa shape index (κ3) is 4.17. The van der Waals surface area contributed by atoms with E-state index in [2.05, 4.69) is 0 Å². The summed E-state index contributed by atoms with van der Waals surface area (Å²) in [4.78, 5) is 15.1. The fourth-order valence-electron chi connectivity index (χ4n) is 6.23. The molecule has 0 amide bonds. The van der Waals surface area contributed by atoms with Crippen LogP contribution in [0.4, 0.5) is 0 Å². The van der Waals surface area contributed by atoms with Gasteiger partial charge in [-0.15, -0.1) is 0 Å². The van der Waals surface area contributed by atoms with E-state index in [4.69, 9.17) is 19.4 Å². The van der Waals surface area contributed by atoms with E-state index in [0.717, 1.165) is 44.2 Å². The molecule has 9 rings (SSSR count). The SMILES string of the molecule is O=S1(=O)c2ccc(-c3ccccc3)cc2-c2ccc(-c3nc(-c4ccccc4)nc(-c4ccc5c(c4)oc4ccccc45)n3)cc21. The molecule has 0 fully saturated rings. The quantitative estimate of drug-likeness (QED) is 0.197. The van der Waals surface area contributed by atoms with Gasteiger partial charge in [0.2, 0.25) is 9.84 Å². The number of hydrogen-bond donors (Lipinski definition) is 0. The van der Waals surface area contributed by atoms with Gasteiger partial charge in [0.15, 0.2) is 17.5 Å². The molecule has 0 atom stereocenters. The van der Waals surface area contributed by atoms with Crippen LogP contribution in [0.25, 0.3) is 78.4 Å². The first-order valence-corrected chi connectivity index (χ1v) is 16.3. The van der Waals surface area contributed by atoms with Gasteiger partial charge in [0.05, 0.1) is 9.79 Å². The van der Waals surface area contributed by atoms with Crippen LogP contribution in [0, 0.1) is 0 Å². The van der Waals surface area contributed by atoms with Gasteiger partial charge in [-0.25, -0.2) is 23.4 Å². The van der Waals surface area contributed by atoms with Crippen molar-refractivity contribution < 1.29 is 12.8 Å². The number of rotatable bonds is 4. The molecule has 0 bridgehead atoms. The smallest absolute Gasteiger partial charge is 0.207 e. The minimum atomic E-state index is -3.74. The van der Waals surface area contributed by atoms with E-state index in [1.54, 1.807) is 12.1 Å². The largest absolute Gasteiger partial charge is 0.456 e. The van der Waals surface area contributed by atoms with Crippen LogP contribution in [0.15, 0.2) is 154 Å². The summed E-state index contributed by atoms with van der Waals surface area (Å²) in [6.07, 6.45) is 0. The zero-order valence-corrected chi connectivity index (χ0v) is 25.1. The highest BCUT2D eigenvalue weighted by Crippen LogP contribution is 2.46. The Labute approximate surface area is 264 Å². The monoisotopic (exact) mass is 613 g/mol. The molecular weight excluding hydrogens is 591 g/mol. The zero-order chi connectivity index (χ0) is 30.8. The van der Waals surface area contributed by atoms with Crippen LogP contribution in [-0.2, 0) is 9.84 Å². The van der Waals surface area contributed by atoms with Gasteiger partial charge in [-0.05, 0) is 47.5 Å². The number of aromatic nitrogens is 3. The molecule has 6 nitrogen and oxygen atoms in total. The molecule has 6 aromatic carbocycles. The summed E-state index contributed by atoms with van der Waals surface area (Å²) < 4.78 is 33.8. The maximum Gasteiger partial charge on any atom is 0.207 e. The van der Waals surface area contributed by atoms with Gasteiger partial charge in [0, 0.05) is 38.6 Å². The summed E-state index contributed by atoms with van der Waals surface area (Å²) in [7, 11) is -3.74. The average molecular weight is 614 g/mol. The van der Waals surface area contributed by atoms with E-state index in [1.165, 1.54) is 0 Å². The molecule has 1 aliphatic heterocycles. The topological polar surface area (TPSA) is 86.0 Å². The molecule has 0 saturated heterocycles. The Morgan fingerprint density at radius 2 is 1.00 bits per heavy atom. The second-order valence-electron chi connectivity index (χ2n) is 11.3. The van der Waals surface area contributed by atoms with Crippen molar-refractivity contribution >= 4 is 31.8 Å². The standard InChI is InChI=1S/C39H23N3O3S/c43-46(44)35-20-17-26(24-9-3-1-4-10-24)21-32(35)31-19-16-28(23-36(31)46)39-41-37(25-11-5-2-6-12-25)40-38(42-39)27-15-18-30-29-13-7-8-14-33(29)45-34(30)22-27/h1-23H. The lowest BCUT2D eigenvalue weighted by Gasteiger charge is -2.09. The molecule has 0 aliphatic carbocycles. The molecule has 2 aromatic heterocycles. The fourth-order valence-corrected chi connectivity index (χ4v) is 7.92. The van der Waals surface area contributed by atoms with E-state index in [-0.39, 0.29) is 4.90 Å². The van der Waals surface area contributed by atoms with Crippen molar-refractivity contribution in [3.63, 3.8) is 0 Å². The molecule has 0 radical (unpaired) electrons. The lowest BCUT2D eigenvalue weighted by atomic mass is 9.98. The van der Waals surface area contributed by atoms with Crippen LogP contribution in [0.2, 0.25) is 0 Å². The van der Waals surface area contributed by atoms with Gasteiger partial charge in [0.1, 0.15) is 11.2 Å². The van der Waals surface area contributed by atoms with Crippen LogP contribution in [-0.4, -0.2) is 23.4 Å². The summed E-state index contributed by atoms with van der Waals surface area (Å²) in [5.74, 6) is 1.34. The molecule has 1 aliphatic rings. The molecule has 0 saturated carbocycles. The Morgan fingerprint density at radius 1 is 0.413 bits per heavy atom. The number of benzene rings is 6. The molecule has 0 spiro atoms. The molecule has 218 valence electrons. The van der Waals surface area contributed by atoms with Crippen LogP contribution >= 0.6 is 0 Å². The van der Waals surface area contributed by atoms with Crippen molar-refractivity contribution in [3.8, 4) is 56.4 Å². The summed E-state index contributed by atoms with van der Waals surface area (Å²) in [6, 6.07) is 44.5. The van der Waals surface area contributed by atoms with Crippen LogP contribution in [0.1, 0.15) is 0 Å². The molecule has 3 heterocycles. The first-order valence-electron chi connectivity index (χ1n) is 14.9. The fraction of sp³-hybridized carbons (Fsp3) is 0. The average Bonchev–Trinajstić information content (AvgIpc) is 3.60. The molecule has 46 heavy (non-hydrogen) atoms. The van der Waals surface area contributed by atoms with Gasteiger partial charge in [-0.2, -0.15) is 0 Å². The van der Waals surface area contributed by atoms with Crippen molar-refractivity contribution in [2.24, 2.45) is 0 Å². The third-order valence-corrected chi connectivity index (χ3v) is 10.4. The van der Waals surface area contributed by atoms with Gasteiger partial charge < -0.3 is 4.42 Å². The first kappa shape index (κ1) is 26.5. The van der Waals surface area contributed by atoms with E-state index < -0.39 is 9.84 Å². The zero-order valence-electron chi connectivity index (χ0n) is 24.3. The van der Waals surface area contributed by atoms with Gasteiger partial charge in [0.25, 0.3) is 0 Å². The maximum atomic E-state index is 13.8. The highest BCUT2D eigenvalue weighted by molar-refractivity contribution is 7.92. The number of fused-ring (bicyclic) bond motifs is 6. The lowest BCUT2D eigenvalue weighted by molar-refractivity contribution is 0.598. The van der Waals surface area contributed by atoms with Crippen molar-refractivity contribution in [2.45, 2.75) is 9.79 Å². The van der Waals surface area contributed by atoms with Crippen molar-refractivity contribution in [1.82, 2.24) is 15.0 Å². The minimum Gasteiger partial charge on any atom is -0.456 e. The highest BCUT2D eigenvalue weighted by atomic mass is 32.2.